The predicted octanol–water partition coefficient (Wildman–Crippen LogP) is 2.89. The van der Waals surface area contributed by atoms with E-state index in [1.54, 1.807) is 12.3 Å². The van der Waals surface area contributed by atoms with Crippen molar-refractivity contribution in [2.24, 2.45) is 0 Å². The van der Waals surface area contributed by atoms with E-state index in [2.05, 4.69) is 34.4 Å². The molecule has 2 aromatic rings. The summed E-state index contributed by atoms with van der Waals surface area (Å²) in [6.07, 6.45) is 4.27. The molecule has 76 valence electrons. The van der Waals surface area contributed by atoms with Gasteiger partial charge in [0.25, 0.3) is 0 Å². The first-order chi connectivity index (χ1) is 7.33. The van der Waals surface area contributed by atoms with E-state index in [9.17, 15) is 0 Å². The van der Waals surface area contributed by atoms with E-state index in [4.69, 9.17) is 11.6 Å². The van der Waals surface area contributed by atoms with Crippen LogP contribution in [0.1, 0.15) is 12.0 Å². The Morgan fingerprint density at radius 1 is 1.53 bits per heavy atom. The maximum atomic E-state index is 6.07. The summed E-state index contributed by atoms with van der Waals surface area (Å²) in [5.74, 6) is 6.84. The molecule has 0 saturated carbocycles. The molecule has 0 aliphatic rings. The molecule has 2 nitrogen and oxygen atoms in total. The fourth-order valence-corrected chi connectivity index (χ4v) is 1.69. The Morgan fingerprint density at radius 2 is 2.40 bits per heavy atom. The molecule has 0 unspecified atom stereocenters. The maximum Gasteiger partial charge on any atom is 0.140 e. The fraction of sp³-hybridized carbons (Fsp3) is 0.182. The highest BCUT2D eigenvalue weighted by atomic mass is 35.5. The van der Waals surface area contributed by atoms with Crippen LogP contribution in [0.15, 0.2) is 18.5 Å². The lowest BCUT2D eigenvalue weighted by Crippen LogP contribution is -1.77. The number of H-pyrrole nitrogens is 1. The molecule has 0 spiro atoms. The van der Waals surface area contributed by atoms with Crippen LogP contribution in [0.5, 0.6) is 0 Å². The molecule has 0 aliphatic heterocycles. The minimum atomic E-state index is 0.677. The second-order valence-corrected chi connectivity index (χ2v) is 3.85. The summed E-state index contributed by atoms with van der Waals surface area (Å²) >= 11 is 10.2. The van der Waals surface area contributed by atoms with Crippen LogP contribution in [0.25, 0.3) is 11.0 Å². The van der Waals surface area contributed by atoms with Crippen LogP contribution in [-0.4, -0.2) is 15.7 Å². The molecule has 0 aliphatic carbocycles. The number of fused-ring (bicyclic) bond motifs is 1. The van der Waals surface area contributed by atoms with Crippen LogP contribution in [0, 0.1) is 11.8 Å². The van der Waals surface area contributed by atoms with Crippen molar-refractivity contribution in [2.75, 3.05) is 5.75 Å². The number of aromatic nitrogens is 2. The van der Waals surface area contributed by atoms with Gasteiger partial charge in [0.1, 0.15) is 5.65 Å². The van der Waals surface area contributed by atoms with E-state index < -0.39 is 0 Å². The van der Waals surface area contributed by atoms with Gasteiger partial charge in [-0.3, -0.25) is 0 Å². The zero-order valence-electron chi connectivity index (χ0n) is 7.92. The summed E-state index contributed by atoms with van der Waals surface area (Å²) in [4.78, 5) is 7.21. The van der Waals surface area contributed by atoms with Gasteiger partial charge in [-0.05, 0) is 6.07 Å². The van der Waals surface area contributed by atoms with Crippen LogP contribution in [0.2, 0.25) is 5.02 Å². The summed E-state index contributed by atoms with van der Waals surface area (Å²) in [6, 6.07) is 1.77. The molecular weight excluding hydrogens is 228 g/mol. The SMILES string of the molecule is SCCC#Cc1c[nH]c2nccc(Cl)c12. The van der Waals surface area contributed by atoms with E-state index in [-0.39, 0.29) is 0 Å². The zero-order chi connectivity index (χ0) is 10.7. The van der Waals surface area contributed by atoms with Gasteiger partial charge in [0.05, 0.1) is 16.0 Å². The number of hydrogen-bond acceptors (Lipinski definition) is 2. The van der Waals surface area contributed by atoms with Gasteiger partial charge >= 0.3 is 0 Å². The van der Waals surface area contributed by atoms with Gasteiger partial charge < -0.3 is 4.98 Å². The predicted molar refractivity (Wildman–Crippen MR) is 66.5 cm³/mol. The molecule has 0 bridgehead atoms. The first kappa shape index (κ1) is 10.4. The molecule has 2 aromatic heterocycles. The lowest BCUT2D eigenvalue weighted by atomic mass is 10.2. The smallest absolute Gasteiger partial charge is 0.140 e. The molecule has 0 atom stereocenters. The van der Waals surface area contributed by atoms with E-state index in [1.165, 1.54) is 0 Å². The van der Waals surface area contributed by atoms with Gasteiger partial charge in [-0.2, -0.15) is 12.6 Å². The van der Waals surface area contributed by atoms with Gasteiger partial charge in [0.15, 0.2) is 0 Å². The molecule has 0 radical (unpaired) electrons. The summed E-state index contributed by atoms with van der Waals surface area (Å²) in [6.45, 7) is 0. The third-order valence-corrected chi connectivity index (χ3v) is 2.52. The first-order valence-corrected chi connectivity index (χ1v) is 5.55. The number of halogens is 1. The van der Waals surface area contributed by atoms with Crippen molar-refractivity contribution in [2.45, 2.75) is 6.42 Å². The molecule has 2 heterocycles. The number of nitrogens with zero attached hydrogens (tertiary/aromatic N) is 1. The van der Waals surface area contributed by atoms with Crippen molar-refractivity contribution in [3.05, 3.63) is 29.0 Å². The number of thiol groups is 1. The third kappa shape index (κ3) is 2.11. The molecule has 1 N–H and O–H groups in total. The standard InChI is InChI=1S/C11H9ClN2S/c12-9-4-5-13-11-10(9)8(7-14-11)3-1-2-6-15/h4-5,7,15H,2,6H2,(H,13,14). The van der Waals surface area contributed by atoms with Crippen molar-refractivity contribution < 1.29 is 0 Å². The van der Waals surface area contributed by atoms with Crippen molar-refractivity contribution in [1.82, 2.24) is 9.97 Å². The number of aromatic amines is 1. The zero-order valence-corrected chi connectivity index (χ0v) is 9.57. The summed E-state index contributed by atoms with van der Waals surface area (Å²) in [5, 5.41) is 1.57. The highest BCUT2D eigenvalue weighted by Gasteiger charge is 2.05. The number of hydrogen-bond donors (Lipinski definition) is 2. The molecule has 0 fully saturated rings. The highest BCUT2D eigenvalue weighted by molar-refractivity contribution is 7.80. The largest absolute Gasteiger partial charge is 0.345 e. The average molecular weight is 237 g/mol. The van der Waals surface area contributed by atoms with Gasteiger partial charge in [-0.15, -0.1) is 0 Å². The minimum absolute atomic E-state index is 0.677. The van der Waals surface area contributed by atoms with E-state index >= 15 is 0 Å². The second kappa shape index (κ2) is 4.61. The Hall–Kier alpha value is -1.11. The highest BCUT2D eigenvalue weighted by Crippen LogP contribution is 2.23. The summed E-state index contributed by atoms with van der Waals surface area (Å²) < 4.78 is 0. The van der Waals surface area contributed by atoms with Crippen molar-refractivity contribution in [3.8, 4) is 11.8 Å². The molecule has 0 aromatic carbocycles. The second-order valence-electron chi connectivity index (χ2n) is 2.99. The van der Waals surface area contributed by atoms with E-state index in [0.717, 1.165) is 28.8 Å². The molecule has 0 amide bonds. The first-order valence-electron chi connectivity index (χ1n) is 4.54. The van der Waals surface area contributed by atoms with Gasteiger partial charge in [-0.1, -0.05) is 23.4 Å². The molecule has 2 rings (SSSR count). The molecule has 15 heavy (non-hydrogen) atoms. The van der Waals surface area contributed by atoms with E-state index in [0.29, 0.717) is 5.02 Å². The number of pyridine rings is 1. The lowest BCUT2D eigenvalue weighted by molar-refractivity contribution is 1.31. The quantitative estimate of drug-likeness (QED) is 0.579. The van der Waals surface area contributed by atoms with Crippen LogP contribution in [0.4, 0.5) is 0 Å². The number of nitrogens with one attached hydrogen (secondary N) is 1. The van der Waals surface area contributed by atoms with Gasteiger partial charge in [-0.25, -0.2) is 4.98 Å². The Kier molecular flexibility index (Phi) is 3.20. The van der Waals surface area contributed by atoms with Gasteiger partial charge in [0.2, 0.25) is 0 Å². The Morgan fingerprint density at radius 3 is 3.20 bits per heavy atom. The topological polar surface area (TPSA) is 28.7 Å². The summed E-state index contributed by atoms with van der Waals surface area (Å²) in [5.41, 5.74) is 1.67. The minimum Gasteiger partial charge on any atom is -0.345 e. The molecule has 0 saturated heterocycles. The van der Waals surface area contributed by atoms with Crippen LogP contribution in [0.3, 0.4) is 0 Å². The molecular formula is C11H9ClN2S. The van der Waals surface area contributed by atoms with Crippen molar-refractivity contribution >= 4 is 35.3 Å². The monoisotopic (exact) mass is 236 g/mol. The lowest BCUT2D eigenvalue weighted by Gasteiger charge is -1.92. The number of rotatable bonds is 1. The van der Waals surface area contributed by atoms with Crippen molar-refractivity contribution in [3.63, 3.8) is 0 Å². The normalized spacial score (nSPS) is 10.0. The third-order valence-electron chi connectivity index (χ3n) is 1.98. The van der Waals surface area contributed by atoms with Gasteiger partial charge in [0, 0.05) is 24.6 Å². The maximum absolute atomic E-state index is 6.07. The Labute approximate surface area is 98.5 Å². The average Bonchev–Trinajstić information content (AvgIpc) is 2.63. The Balaban J connectivity index is 2.50. The van der Waals surface area contributed by atoms with Crippen LogP contribution >= 0.6 is 24.2 Å². The van der Waals surface area contributed by atoms with Crippen molar-refractivity contribution in [1.29, 1.82) is 0 Å². The molecule has 4 heteroatoms. The summed E-state index contributed by atoms with van der Waals surface area (Å²) in [7, 11) is 0. The van der Waals surface area contributed by atoms with Crippen LogP contribution in [-0.2, 0) is 0 Å². The Bertz CT molecular complexity index is 536. The fourth-order valence-electron chi connectivity index (χ4n) is 1.33. The van der Waals surface area contributed by atoms with E-state index in [1.807, 2.05) is 6.20 Å². The van der Waals surface area contributed by atoms with Crippen LogP contribution < -0.4 is 0 Å².